The third-order valence-corrected chi connectivity index (χ3v) is 3.51. The van der Waals surface area contributed by atoms with Crippen LogP contribution in [-0.2, 0) is 6.54 Å². The average molecular weight is 379 g/mol. The first-order chi connectivity index (χ1) is 13.0. The summed E-state index contributed by atoms with van der Waals surface area (Å²) in [6, 6.07) is 11.9. The van der Waals surface area contributed by atoms with Crippen molar-refractivity contribution in [2.24, 2.45) is 10.7 Å². The van der Waals surface area contributed by atoms with E-state index in [-0.39, 0.29) is 18.3 Å². The number of hydrogen-bond donors (Lipinski definition) is 2. The molecule has 27 heavy (non-hydrogen) atoms. The van der Waals surface area contributed by atoms with Crippen LogP contribution < -0.4 is 25.3 Å². The van der Waals surface area contributed by atoms with E-state index < -0.39 is 6.61 Å². The maximum Gasteiger partial charge on any atom is 0.387 e. The lowest BCUT2D eigenvalue weighted by Crippen LogP contribution is -2.22. The van der Waals surface area contributed by atoms with Gasteiger partial charge in [-0.1, -0.05) is 6.92 Å². The first-order valence-corrected chi connectivity index (χ1v) is 8.43. The highest BCUT2D eigenvalue weighted by Gasteiger charge is 2.11. The van der Waals surface area contributed by atoms with E-state index >= 15 is 0 Å². The van der Waals surface area contributed by atoms with Crippen molar-refractivity contribution in [3.63, 3.8) is 0 Å². The highest BCUT2D eigenvalue weighted by atomic mass is 19.3. The second-order valence-electron chi connectivity index (χ2n) is 5.55. The van der Waals surface area contributed by atoms with Gasteiger partial charge in [-0.2, -0.15) is 8.78 Å². The van der Waals surface area contributed by atoms with Gasteiger partial charge in [0.1, 0.15) is 17.2 Å². The van der Waals surface area contributed by atoms with Gasteiger partial charge >= 0.3 is 6.61 Å². The minimum Gasteiger partial charge on any atom is -0.497 e. The number of nitrogens with two attached hydrogens (primary N) is 1. The van der Waals surface area contributed by atoms with Crippen molar-refractivity contribution in [2.75, 3.05) is 19.0 Å². The summed E-state index contributed by atoms with van der Waals surface area (Å²) in [4.78, 5) is 4.18. The lowest BCUT2D eigenvalue weighted by atomic mass is 10.2. The number of nitrogens with one attached hydrogen (secondary N) is 1. The van der Waals surface area contributed by atoms with Crippen molar-refractivity contribution >= 4 is 11.6 Å². The van der Waals surface area contributed by atoms with E-state index in [9.17, 15) is 8.78 Å². The zero-order valence-electron chi connectivity index (χ0n) is 15.2. The number of aliphatic imine (C=N–C) groups is 1. The number of benzene rings is 2. The Labute approximate surface area is 156 Å². The van der Waals surface area contributed by atoms with Gasteiger partial charge in [0.2, 0.25) is 0 Å². The van der Waals surface area contributed by atoms with Crippen molar-refractivity contribution in [3.8, 4) is 17.2 Å². The minimum absolute atomic E-state index is 0.0135. The third-order valence-electron chi connectivity index (χ3n) is 3.51. The molecule has 0 saturated carbocycles. The van der Waals surface area contributed by atoms with Gasteiger partial charge in [0.25, 0.3) is 0 Å². The predicted octanol–water partition coefficient (Wildman–Crippen LogP) is 4.01. The topological polar surface area (TPSA) is 78.1 Å². The molecule has 0 radical (unpaired) electrons. The van der Waals surface area contributed by atoms with Crippen LogP contribution in [0.5, 0.6) is 17.2 Å². The molecule has 0 heterocycles. The molecule has 3 N–H and O–H groups in total. The number of methoxy groups -OCH3 is 1. The Morgan fingerprint density at radius 2 is 1.85 bits per heavy atom. The van der Waals surface area contributed by atoms with E-state index in [1.807, 2.05) is 6.92 Å². The van der Waals surface area contributed by atoms with Crippen LogP contribution in [0.25, 0.3) is 0 Å². The molecule has 0 aliphatic rings. The summed E-state index contributed by atoms with van der Waals surface area (Å²) in [5.41, 5.74) is 7.06. The molecule has 2 aromatic carbocycles. The molecule has 2 rings (SSSR count). The van der Waals surface area contributed by atoms with Crippen molar-refractivity contribution in [3.05, 3.63) is 48.0 Å². The number of hydrogen-bond acceptors (Lipinski definition) is 4. The molecule has 8 heteroatoms. The summed E-state index contributed by atoms with van der Waals surface area (Å²) in [6.07, 6.45) is 0.810. The van der Waals surface area contributed by atoms with Crippen LogP contribution in [0.4, 0.5) is 14.5 Å². The smallest absolute Gasteiger partial charge is 0.387 e. The number of ether oxygens (including phenoxy) is 3. The monoisotopic (exact) mass is 379 g/mol. The van der Waals surface area contributed by atoms with Crippen molar-refractivity contribution in [1.82, 2.24) is 0 Å². The molecule has 6 nitrogen and oxygen atoms in total. The van der Waals surface area contributed by atoms with E-state index in [1.165, 1.54) is 6.07 Å². The zero-order chi connectivity index (χ0) is 19.6. The summed E-state index contributed by atoms with van der Waals surface area (Å²) >= 11 is 0. The summed E-state index contributed by atoms with van der Waals surface area (Å²) in [5.74, 6) is 1.34. The van der Waals surface area contributed by atoms with Crippen molar-refractivity contribution in [1.29, 1.82) is 0 Å². The molecule has 2 aromatic rings. The van der Waals surface area contributed by atoms with E-state index in [2.05, 4.69) is 15.0 Å². The fourth-order valence-corrected chi connectivity index (χ4v) is 2.21. The lowest BCUT2D eigenvalue weighted by Gasteiger charge is -2.12. The Kier molecular flexibility index (Phi) is 7.66. The van der Waals surface area contributed by atoms with Crippen LogP contribution >= 0.6 is 0 Å². The summed E-state index contributed by atoms with van der Waals surface area (Å²) < 4.78 is 40.5. The Balaban J connectivity index is 2.07. The molecule has 0 bridgehead atoms. The maximum absolute atomic E-state index is 12.7. The molecule has 0 aliphatic heterocycles. The first-order valence-electron chi connectivity index (χ1n) is 8.43. The highest BCUT2D eigenvalue weighted by Crippen LogP contribution is 2.27. The molecule has 0 atom stereocenters. The number of nitrogens with zero attached hydrogens (tertiary/aromatic N) is 1. The van der Waals surface area contributed by atoms with Crippen molar-refractivity contribution < 1.29 is 23.0 Å². The molecular formula is C19H23F2N3O3. The number of guanidine groups is 1. The Morgan fingerprint density at radius 1 is 1.15 bits per heavy atom. The van der Waals surface area contributed by atoms with Crippen molar-refractivity contribution in [2.45, 2.75) is 26.5 Å². The van der Waals surface area contributed by atoms with E-state index in [1.54, 1.807) is 43.5 Å². The number of anilines is 1. The van der Waals surface area contributed by atoms with Gasteiger partial charge in [0.15, 0.2) is 5.96 Å². The van der Waals surface area contributed by atoms with Gasteiger partial charge in [-0.3, -0.25) is 0 Å². The third kappa shape index (κ3) is 6.65. The summed E-state index contributed by atoms with van der Waals surface area (Å²) in [5, 5.41) is 2.92. The van der Waals surface area contributed by atoms with Gasteiger partial charge in [-0.05, 0) is 42.8 Å². The second kappa shape index (κ2) is 10.2. The largest absolute Gasteiger partial charge is 0.497 e. The molecule has 0 saturated heterocycles. The van der Waals surface area contributed by atoms with Gasteiger partial charge in [-0.15, -0.1) is 0 Å². The average Bonchev–Trinajstić information content (AvgIpc) is 2.65. The summed E-state index contributed by atoms with van der Waals surface area (Å²) in [6.45, 7) is -0.419. The van der Waals surface area contributed by atoms with Crippen LogP contribution in [0.3, 0.4) is 0 Å². The standard InChI is InChI=1S/C19H23F2N3O3/c1-3-10-26-16-7-4-13(17(11-16)27-18(20)21)12-23-19(22)24-14-5-8-15(25-2)9-6-14/h4-9,11,18H,3,10,12H2,1-2H3,(H3,22,23,24). The molecule has 0 unspecified atom stereocenters. The van der Waals surface area contributed by atoms with Crippen LogP contribution in [0, 0.1) is 0 Å². The van der Waals surface area contributed by atoms with E-state index in [0.717, 1.165) is 17.9 Å². The summed E-state index contributed by atoms with van der Waals surface area (Å²) in [7, 11) is 1.58. The fraction of sp³-hybridized carbons (Fsp3) is 0.316. The molecule has 0 amide bonds. The maximum atomic E-state index is 12.7. The Bertz CT molecular complexity index is 752. The number of rotatable bonds is 9. The second-order valence-corrected chi connectivity index (χ2v) is 5.55. The minimum atomic E-state index is -2.94. The quantitative estimate of drug-likeness (QED) is 0.508. The fourth-order valence-electron chi connectivity index (χ4n) is 2.21. The number of alkyl halides is 2. The van der Waals surface area contributed by atoms with Gasteiger partial charge in [0, 0.05) is 17.3 Å². The molecular weight excluding hydrogens is 356 g/mol. The predicted molar refractivity (Wildman–Crippen MR) is 101 cm³/mol. The normalized spacial score (nSPS) is 11.4. The van der Waals surface area contributed by atoms with Gasteiger partial charge in [0.05, 0.1) is 20.3 Å². The Hall–Kier alpha value is -3.03. The zero-order valence-corrected chi connectivity index (χ0v) is 15.2. The molecule has 0 spiro atoms. The lowest BCUT2D eigenvalue weighted by molar-refractivity contribution is -0.0505. The van der Waals surface area contributed by atoms with Crippen LogP contribution in [-0.4, -0.2) is 26.3 Å². The van der Waals surface area contributed by atoms with Crippen LogP contribution in [0.15, 0.2) is 47.5 Å². The number of halogens is 2. The van der Waals surface area contributed by atoms with Gasteiger partial charge < -0.3 is 25.3 Å². The van der Waals surface area contributed by atoms with E-state index in [0.29, 0.717) is 17.9 Å². The molecule has 0 aliphatic carbocycles. The first kappa shape index (κ1) is 20.3. The van der Waals surface area contributed by atoms with Gasteiger partial charge in [-0.25, -0.2) is 4.99 Å². The molecule has 0 fully saturated rings. The molecule has 0 aromatic heterocycles. The van der Waals surface area contributed by atoms with Crippen LogP contribution in [0.2, 0.25) is 0 Å². The molecule has 146 valence electrons. The van der Waals surface area contributed by atoms with Crippen LogP contribution in [0.1, 0.15) is 18.9 Å². The Morgan fingerprint density at radius 3 is 2.48 bits per heavy atom. The highest BCUT2D eigenvalue weighted by molar-refractivity contribution is 5.92. The SMILES string of the molecule is CCCOc1ccc(CN=C(N)Nc2ccc(OC)cc2)c(OC(F)F)c1. The van der Waals surface area contributed by atoms with E-state index in [4.69, 9.17) is 15.2 Å².